The topological polar surface area (TPSA) is 96.4 Å². The van der Waals surface area contributed by atoms with Gasteiger partial charge in [0.25, 0.3) is 5.91 Å². The number of ether oxygens (including phenoxy) is 2. The number of esters is 1. The Morgan fingerprint density at radius 1 is 1.31 bits per heavy atom. The molecule has 1 spiro atoms. The Labute approximate surface area is 206 Å². The van der Waals surface area contributed by atoms with Gasteiger partial charge >= 0.3 is 5.97 Å². The first kappa shape index (κ1) is 25.4. The van der Waals surface area contributed by atoms with E-state index in [4.69, 9.17) is 9.47 Å². The molecule has 0 aliphatic carbocycles. The summed E-state index contributed by atoms with van der Waals surface area (Å²) in [5.41, 5.74) is 1.64. The van der Waals surface area contributed by atoms with Crippen LogP contribution in [0, 0.1) is 25.7 Å². The van der Waals surface area contributed by atoms with Gasteiger partial charge in [0.15, 0.2) is 0 Å². The fraction of sp³-hybridized carbons (Fsp3) is 0.593. The lowest BCUT2D eigenvalue weighted by Gasteiger charge is -2.37. The predicted octanol–water partition coefficient (Wildman–Crippen LogP) is 2.53. The van der Waals surface area contributed by atoms with E-state index in [-0.39, 0.29) is 31.6 Å². The normalized spacial score (nSPS) is 28.8. The summed E-state index contributed by atoms with van der Waals surface area (Å²) >= 11 is 0. The highest BCUT2D eigenvalue weighted by molar-refractivity contribution is 6.05. The van der Waals surface area contributed by atoms with E-state index >= 15 is 0 Å². The summed E-state index contributed by atoms with van der Waals surface area (Å²) in [5, 5.41) is 9.31. The van der Waals surface area contributed by atoms with Crippen LogP contribution in [0.4, 0.5) is 5.69 Å². The number of fused-ring (bicyclic) bond motifs is 1. The van der Waals surface area contributed by atoms with Crippen LogP contribution in [-0.2, 0) is 23.9 Å². The zero-order valence-electron chi connectivity index (χ0n) is 20.9. The van der Waals surface area contributed by atoms with E-state index < -0.39 is 35.6 Å². The maximum Gasteiger partial charge on any atom is 0.312 e. The summed E-state index contributed by atoms with van der Waals surface area (Å²) in [7, 11) is 0. The second-order valence-corrected chi connectivity index (χ2v) is 9.75. The lowest BCUT2D eigenvalue weighted by Crippen LogP contribution is -2.56. The van der Waals surface area contributed by atoms with Crippen molar-refractivity contribution in [1.29, 1.82) is 0 Å². The van der Waals surface area contributed by atoms with Gasteiger partial charge < -0.3 is 24.4 Å². The van der Waals surface area contributed by atoms with E-state index in [2.05, 4.69) is 6.58 Å². The number of hydrogen-bond acceptors (Lipinski definition) is 6. The summed E-state index contributed by atoms with van der Waals surface area (Å²) in [6, 6.07) is 5.01. The van der Waals surface area contributed by atoms with E-state index in [1.165, 1.54) is 0 Å². The van der Waals surface area contributed by atoms with Crippen LogP contribution in [0.5, 0.6) is 0 Å². The monoisotopic (exact) mass is 484 g/mol. The zero-order valence-corrected chi connectivity index (χ0v) is 20.9. The number of carbonyl (C=O) groups excluding carboxylic acids is 3. The minimum Gasteiger partial charge on any atom is -0.466 e. The predicted molar refractivity (Wildman–Crippen MR) is 131 cm³/mol. The number of aliphatic hydroxyl groups is 1. The average Bonchev–Trinajstić information content (AvgIpc) is 3.46. The van der Waals surface area contributed by atoms with Crippen molar-refractivity contribution in [2.24, 2.45) is 11.8 Å². The fourth-order valence-corrected chi connectivity index (χ4v) is 6.37. The quantitative estimate of drug-likeness (QED) is 0.312. The molecule has 8 nitrogen and oxygen atoms in total. The molecule has 0 saturated carbocycles. The van der Waals surface area contributed by atoms with E-state index in [1.807, 2.05) is 32.0 Å². The molecule has 1 N–H and O–H groups in total. The SMILES string of the molecule is C=CCN(C(=O)C1N(CCCCO)C(=O)[C@@H]2[C@H](C(=O)OCC)[C@@H]3CCC12O3)c1c(C)cccc1C. The van der Waals surface area contributed by atoms with Crippen molar-refractivity contribution in [3.63, 3.8) is 0 Å². The van der Waals surface area contributed by atoms with Crippen molar-refractivity contribution < 1.29 is 29.0 Å². The van der Waals surface area contributed by atoms with Crippen LogP contribution in [0.3, 0.4) is 0 Å². The van der Waals surface area contributed by atoms with Gasteiger partial charge in [-0.25, -0.2) is 0 Å². The van der Waals surface area contributed by atoms with Crippen molar-refractivity contribution >= 4 is 23.5 Å². The lowest BCUT2D eigenvalue weighted by molar-refractivity contribution is -0.154. The van der Waals surface area contributed by atoms with E-state index in [1.54, 1.807) is 22.8 Å². The van der Waals surface area contributed by atoms with Gasteiger partial charge in [-0.15, -0.1) is 6.58 Å². The summed E-state index contributed by atoms with van der Waals surface area (Å²) in [6.45, 7) is 10.3. The molecule has 2 amide bonds. The molecule has 3 fully saturated rings. The van der Waals surface area contributed by atoms with E-state index in [0.29, 0.717) is 32.2 Å². The lowest BCUT2D eigenvalue weighted by atomic mass is 9.70. The number of hydrogen-bond donors (Lipinski definition) is 1. The molecule has 5 atom stereocenters. The van der Waals surface area contributed by atoms with Crippen LogP contribution >= 0.6 is 0 Å². The number of aryl methyl sites for hydroxylation is 2. The molecule has 0 aromatic heterocycles. The first-order chi connectivity index (χ1) is 16.8. The van der Waals surface area contributed by atoms with Gasteiger partial charge in [-0.2, -0.15) is 0 Å². The van der Waals surface area contributed by atoms with Crippen molar-refractivity contribution in [1.82, 2.24) is 4.90 Å². The van der Waals surface area contributed by atoms with Gasteiger partial charge in [-0.1, -0.05) is 24.3 Å². The van der Waals surface area contributed by atoms with Crippen molar-refractivity contribution in [2.45, 2.75) is 64.2 Å². The number of carbonyl (C=O) groups is 3. The highest BCUT2D eigenvalue weighted by Crippen LogP contribution is 2.59. The Morgan fingerprint density at radius 3 is 2.66 bits per heavy atom. The van der Waals surface area contributed by atoms with Crippen LogP contribution in [0.25, 0.3) is 0 Å². The zero-order chi connectivity index (χ0) is 25.3. The minimum atomic E-state index is -1.06. The van der Waals surface area contributed by atoms with Gasteiger partial charge in [0.1, 0.15) is 11.6 Å². The van der Waals surface area contributed by atoms with Crippen LogP contribution in [0.1, 0.15) is 43.7 Å². The Balaban J connectivity index is 1.78. The number of amides is 2. The van der Waals surface area contributed by atoms with Crippen LogP contribution in [0.2, 0.25) is 0 Å². The van der Waals surface area contributed by atoms with Gasteiger partial charge in [0.2, 0.25) is 5.91 Å². The van der Waals surface area contributed by atoms with Crippen LogP contribution < -0.4 is 4.90 Å². The highest BCUT2D eigenvalue weighted by Gasteiger charge is 2.75. The molecular weight excluding hydrogens is 448 g/mol. The van der Waals surface area contributed by atoms with Gasteiger partial charge in [-0.3, -0.25) is 14.4 Å². The maximum absolute atomic E-state index is 14.4. The number of nitrogens with zero attached hydrogens (tertiary/aromatic N) is 2. The molecule has 1 aromatic rings. The molecule has 3 aliphatic rings. The molecule has 2 bridgehead atoms. The molecule has 0 radical (unpaired) electrons. The number of rotatable bonds is 10. The summed E-state index contributed by atoms with van der Waals surface area (Å²) < 4.78 is 11.8. The third-order valence-electron chi connectivity index (χ3n) is 7.69. The number of likely N-dealkylation sites (tertiary alicyclic amines) is 1. The number of aliphatic hydroxyl groups excluding tert-OH is 1. The first-order valence-corrected chi connectivity index (χ1v) is 12.6. The minimum absolute atomic E-state index is 0.00420. The Morgan fingerprint density at radius 2 is 2.03 bits per heavy atom. The number of benzene rings is 1. The molecule has 35 heavy (non-hydrogen) atoms. The third-order valence-corrected chi connectivity index (χ3v) is 7.69. The van der Waals surface area contributed by atoms with Crippen LogP contribution in [0.15, 0.2) is 30.9 Å². The van der Waals surface area contributed by atoms with Gasteiger partial charge in [-0.05, 0) is 57.6 Å². The van der Waals surface area contributed by atoms with E-state index in [0.717, 1.165) is 16.8 Å². The molecule has 1 aromatic carbocycles. The number of unbranched alkanes of at least 4 members (excludes halogenated alkanes) is 1. The molecule has 3 aliphatic heterocycles. The summed E-state index contributed by atoms with van der Waals surface area (Å²) in [4.78, 5) is 44.4. The molecule has 8 heteroatoms. The van der Waals surface area contributed by atoms with Gasteiger partial charge in [0, 0.05) is 25.4 Å². The number of para-hydroxylation sites is 1. The van der Waals surface area contributed by atoms with Crippen LogP contribution in [-0.4, -0.2) is 71.8 Å². The standard InChI is InChI=1S/C27H36N2O6/c1-5-14-28(22-17(3)10-9-11-18(22)4)25(32)23-27-13-12-19(35-27)20(26(33)34-6-2)21(27)24(31)29(23)15-7-8-16-30/h5,9-11,19-21,23,30H,1,6-8,12-16H2,2-4H3/t19-,20+,21-,23?,27?/m0/s1. The molecule has 4 rings (SSSR count). The first-order valence-electron chi connectivity index (χ1n) is 12.6. The smallest absolute Gasteiger partial charge is 0.312 e. The largest absolute Gasteiger partial charge is 0.466 e. The molecule has 3 heterocycles. The number of anilines is 1. The second-order valence-electron chi connectivity index (χ2n) is 9.75. The molecule has 2 unspecified atom stereocenters. The Bertz CT molecular complexity index is 989. The summed E-state index contributed by atoms with van der Waals surface area (Å²) in [5.74, 6) is -2.35. The molecule has 190 valence electrons. The summed E-state index contributed by atoms with van der Waals surface area (Å²) in [6.07, 6.45) is 3.46. The van der Waals surface area contributed by atoms with Gasteiger partial charge in [0.05, 0.1) is 24.5 Å². The van der Waals surface area contributed by atoms with Crippen molar-refractivity contribution in [2.75, 3.05) is 31.2 Å². The third kappa shape index (κ3) is 4.06. The second kappa shape index (κ2) is 10.1. The molecule has 3 saturated heterocycles. The Hall–Kier alpha value is -2.71. The maximum atomic E-state index is 14.4. The van der Waals surface area contributed by atoms with Crippen molar-refractivity contribution in [3.8, 4) is 0 Å². The average molecular weight is 485 g/mol. The van der Waals surface area contributed by atoms with E-state index in [9.17, 15) is 19.5 Å². The van der Waals surface area contributed by atoms with Crippen molar-refractivity contribution in [3.05, 3.63) is 42.0 Å². The molecular formula is C27H36N2O6. The Kier molecular flexibility index (Phi) is 7.33. The fourth-order valence-electron chi connectivity index (χ4n) is 6.37. The highest BCUT2D eigenvalue weighted by atomic mass is 16.6.